The number of fused-ring (bicyclic) bond motifs is 1. The number of amides is 2. The monoisotopic (exact) mass is 274 g/mol. The van der Waals surface area contributed by atoms with Gasteiger partial charge in [0, 0.05) is 19.1 Å². The average molecular weight is 274 g/mol. The summed E-state index contributed by atoms with van der Waals surface area (Å²) >= 11 is 0. The van der Waals surface area contributed by atoms with E-state index in [-0.39, 0.29) is 11.6 Å². The number of benzene rings is 1. The fourth-order valence-electron chi connectivity index (χ4n) is 2.04. The molecule has 0 atom stereocenters. The summed E-state index contributed by atoms with van der Waals surface area (Å²) in [6.45, 7) is 8.34. The number of hydrogen-bond donors (Lipinski definition) is 2. The highest BCUT2D eigenvalue weighted by Gasteiger charge is 2.13. The van der Waals surface area contributed by atoms with Gasteiger partial charge in [-0.05, 0) is 45.4 Å². The zero-order chi connectivity index (χ0) is 14.9. The van der Waals surface area contributed by atoms with Crippen LogP contribution in [0.15, 0.2) is 18.2 Å². The van der Waals surface area contributed by atoms with E-state index in [0.717, 1.165) is 22.4 Å². The van der Waals surface area contributed by atoms with E-state index < -0.39 is 0 Å². The Morgan fingerprint density at radius 2 is 2.05 bits per heavy atom. The van der Waals surface area contributed by atoms with Gasteiger partial charge in [-0.2, -0.15) is 0 Å². The van der Waals surface area contributed by atoms with Gasteiger partial charge in [-0.15, -0.1) is 0 Å². The molecule has 0 unspecified atom stereocenters. The molecule has 20 heavy (non-hydrogen) atoms. The standard InChI is InChI=1S/C15H22N4O/c1-10-17-12-8-11(6-7-13(12)19(10)5)9-16-14(20)18-15(2,3)4/h6-8H,9H2,1-5H3,(H2,16,18,20). The van der Waals surface area contributed by atoms with Crippen molar-refractivity contribution in [3.8, 4) is 0 Å². The zero-order valence-corrected chi connectivity index (χ0v) is 12.7. The first-order chi connectivity index (χ1) is 9.26. The number of imidazole rings is 1. The van der Waals surface area contributed by atoms with Crippen LogP contribution in [0.3, 0.4) is 0 Å². The number of carbonyl (C=O) groups is 1. The number of nitrogens with zero attached hydrogens (tertiary/aromatic N) is 2. The lowest BCUT2D eigenvalue weighted by Gasteiger charge is -2.20. The third kappa shape index (κ3) is 3.29. The van der Waals surface area contributed by atoms with E-state index in [4.69, 9.17) is 0 Å². The molecule has 0 bridgehead atoms. The Kier molecular flexibility index (Phi) is 3.70. The van der Waals surface area contributed by atoms with Crippen molar-refractivity contribution < 1.29 is 4.79 Å². The van der Waals surface area contributed by atoms with E-state index in [1.54, 1.807) is 0 Å². The summed E-state index contributed by atoms with van der Waals surface area (Å²) in [4.78, 5) is 16.2. The third-order valence-electron chi connectivity index (χ3n) is 3.11. The fraction of sp³-hybridized carbons (Fsp3) is 0.467. The molecule has 0 radical (unpaired) electrons. The predicted octanol–water partition coefficient (Wildman–Crippen LogP) is 2.48. The Bertz CT molecular complexity index is 637. The highest BCUT2D eigenvalue weighted by molar-refractivity contribution is 5.77. The molecule has 0 spiro atoms. The molecule has 2 N–H and O–H groups in total. The molecule has 0 saturated carbocycles. The van der Waals surface area contributed by atoms with Crippen molar-refractivity contribution >= 4 is 17.1 Å². The minimum Gasteiger partial charge on any atom is -0.334 e. The van der Waals surface area contributed by atoms with Gasteiger partial charge in [0.2, 0.25) is 0 Å². The van der Waals surface area contributed by atoms with Gasteiger partial charge in [0.1, 0.15) is 5.82 Å². The molecule has 1 aromatic carbocycles. The summed E-state index contributed by atoms with van der Waals surface area (Å²) in [5, 5.41) is 5.73. The summed E-state index contributed by atoms with van der Waals surface area (Å²) in [6.07, 6.45) is 0. The number of aryl methyl sites for hydroxylation is 2. The van der Waals surface area contributed by atoms with E-state index in [0.29, 0.717) is 6.54 Å². The summed E-state index contributed by atoms with van der Waals surface area (Å²) in [5.41, 5.74) is 2.87. The maximum atomic E-state index is 11.7. The topological polar surface area (TPSA) is 59.0 Å². The van der Waals surface area contributed by atoms with Crippen molar-refractivity contribution in [3.63, 3.8) is 0 Å². The highest BCUT2D eigenvalue weighted by Crippen LogP contribution is 2.16. The lowest BCUT2D eigenvalue weighted by atomic mass is 10.1. The molecular weight excluding hydrogens is 252 g/mol. The van der Waals surface area contributed by atoms with Crippen molar-refractivity contribution in [1.82, 2.24) is 20.2 Å². The van der Waals surface area contributed by atoms with Crippen LogP contribution in [-0.4, -0.2) is 21.1 Å². The van der Waals surface area contributed by atoms with Gasteiger partial charge < -0.3 is 15.2 Å². The van der Waals surface area contributed by atoms with E-state index in [1.165, 1.54) is 0 Å². The summed E-state index contributed by atoms with van der Waals surface area (Å²) in [5.74, 6) is 0.982. The van der Waals surface area contributed by atoms with Gasteiger partial charge in [0.15, 0.2) is 0 Å². The molecule has 108 valence electrons. The van der Waals surface area contributed by atoms with Crippen molar-refractivity contribution in [1.29, 1.82) is 0 Å². The Morgan fingerprint density at radius 3 is 2.70 bits per heavy atom. The quantitative estimate of drug-likeness (QED) is 0.884. The minimum atomic E-state index is -0.230. The van der Waals surface area contributed by atoms with Crippen LogP contribution < -0.4 is 10.6 Å². The lowest BCUT2D eigenvalue weighted by Crippen LogP contribution is -2.46. The molecule has 2 amide bonds. The van der Waals surface area contributed by atoms with Crippen LogP contribution >= 0.6 is 0 Å². The van der Waals surface area contributed by atoms with Crippen molar-refractivity contribution in [3.05, 3.63) is 29.6 Å². The van der Waals surface area contributed by atoms with Crippen LogP contribution in [-0.2, 0) is 13.6 Å². The average Bonchev–Trinajstić information content (AvgIpc) is 2.60. The molecule has 1 heterocycles. The van der Waals surface area contributed by atoms with Gasteiger partial charge in [-0.25, -0.2) is 9.78 Å². The van der Waals surface area contributed by atoms with Crippen molar-refractivity contribution in [2.24, 2.45) is 7.05 Å². The van der Waals surface area contributed by atoms with Crippen LogP contribution in [0.4, 0.5) is 4.79 Å². The minimum absolute atomic E-state index is 0.158. The number of nitrogens with one attached hydrogen (secondary N) is 2. The molecule has 0 fully saturated rings. The number of aromatic nitrogens is 2. The first kappa shape index (κ1) is 14.4. The predicted molar refractivity (Wildman–Crippen MR) is 80.6 cm³/mol. The van der Waals surface area contributed by atoms with Crippen molar-refractivity contribution in [2.75, 3.05) is 0 Å². The van der Waals surface area contributed by atoms with Gasteiger partial charge in [-0.1, -0.05) is 6.07 Å². The van der Waals surface area contributed by atoms with E-state index in [9.17, 15) is 4.79 Å². The Labute approximate surface area is 119 Å². The SMILES string of the molecule is Cc1nc2cc(CNC(=O)NC(C)(C)C)ccc2n1C. The Hall–Kier alpha value is -2.04. The molecule has 1 aromatic heterocycles. The molecule has 0 aliphatic carbocycles. The van der Waals surface area contributed by atoms with Gasteiger partial charge in [-0.3, -0.25) is 0 Å². The first-order valence-corrected chi connectivity index (χ1v) is 6.74. The van der Waals surface area contributed by atoms with Gasteiger partial charge >= 0.3 is 6.03 Å². The molecule has 0 saturated heterocycles. The maximum Gasteiger partial charge on any atom is 0.315 e. The maximum absolute atomic E-state index is 11.7. The first-order valence-electron chi connectivity index (χ1n) is 6.74. The summed E-state index contributed by atoms with van der Waals surface area (Å²) in [7, 11) is 2.00. The number of carbonyl (C=O) groups excluding carboxylic acids is 1. The van der Waals surface area contributed by atoms with Crippen LogP contribution in [0.5, 0.6) is 0 Å². The van der Waals surface area contributed by atoms with Crippen LogP contribution in [0.1, 0.15) is 32.2 Å². The Balaban J connectivity index is 2.05. The van der Waals surface area contributed by atoms with Gasteiger partial charge in [0.25, 0.3) is 0 Å². The molecule has 5 heteroatoms. The highest BCUT2D eigenvalue weighted by atomic mass is 16.2. The second kappa shape index (κ2) is 5.15. The van der Waals surface area contributed by atoms with Crippen LogP contribution in [0.25, 0.3) is 11.0 Å². The fourth-order valence-corrected chi connectivity index (χ4v) is 2.04. The summed E-state index contributed by atoms with van der Waals surface area (Å²) in [6, 6.07) is 5.91. The van der Waals surface area contributed by atoms with Crippen LogP contribution in [0, 0.1) is 6.92 Å². The Morgan fingerprint density at radius 1 is 1.35 bits per heavy atom. The largest absolute Gasteiger partial charge is 0.334 e. The van der Waals surface area contributed by atoms with Gasteiger partial charge in [0.05, 0.1) is 11.0 Å². The number of urea groups is 1. The second-order valence-electron chi connectivity index (χ2n) is 6.10. The van der Waals surface area contributed by atoms with Crippen molar-refractivity contribution in [2.45, 2.75) is 39.8 Å². The van der Waals surface area contributed by atoms with E-state index in [1.807, 2.05) is 52.9 Å². The summed E-state index contributed by atoms with van der Waals surface area (Å²) < 4.78 is 2.05. The molecule has 2 rings (SSSR count). The molecular formula is C15H22N4O. The lowest BCUT2D eigenvalue weighted by molar-refractivity contribution is 0.231. The molecule has 2 aromatic rings. The smallest absolute Gasteiger partial charge is 0.315 e. The normalized spacial score (nSPS) is 11.7. The van der Waals surface area contributed by atoms with Crippen LogP contribution in [0.2, 0.25) is 0 Å². The molecule has 0 aliphatic rings. The number of hydrogen-bond acceptors (Lipinski definition) is 2. The zero-order valence-electron chi connectivity index (χ0n) is 12.7. The molecule has 0 aliphatic heterocycles. The third-order valence-corrected chi connectivity index (χ3v) is 3.11. The second-order valence-corrected chi connectivity index (χ2v) is 6.10. The number of rotatable bonds is 2. The van der Waals surface area contributed by atoms with E-state index >= 15 is 0 Å². The van der Waals surface area contributed by atoms with E-state index in [2.05, 4.69) is 20.2 Å². The molecule has 5 nitrogen and oxygen atoms in total.